The molecule has 2 heterocycles. The molecule has 0 unspecified atom stereocenters. The van der Waals surface area contributed by atoms with Gasteiger partial charge in [0.25, 0.3) is 0 Å². The largest absolute Gasteiger partial charge is 0.356 e. The molecular weight excluding hydrogens is 223 g/mol. The van der Waals surface area contributed by atoms with Gasteiger partial charge in [-0.05, 0) is 6.42 Å². The van der Waals surface area contributed by atoms with Gasteiger partial charge in [-0.25, -0.2) is 0 Å². The third-order valence-electron chi connectivity index (χ3n) is 2.30. The summed E-state index contributed by atoms with van der Waals surface area (Å²) < 4.78 is 0. The van der Waals surface area contributed by atoms with Crippen molar-refractivity contribution in [2.24, 2.45) is 4.99 Å². The van der Waals surface area contributed by atoms with E-state index in [4.69, 9.17) is 0 Å². The maximum absolute atomic E-state index is 4.46. The van der Waals surface area contributed by atoms with E-state index >= 15 is 0 Å². The SMILES string of the molecule is C1CN=C(N2CCNCC2)NC1.Cl.Cl. The Kier molecular flexibility index (Phi) is 7.05. The topological polar surface area (TPSA) is 39.7 Å². The van der Waals surface area contributed by atoms with Crippen LogP contribution < -0.4 is 10.6 Å². The summed E-state index contributed by atoms with van der Waals surface area (Å²) in [5.74, 6) is 1.11. The molecule has 0 aliphatic carbocycles. The molecular formula is C8H18Cl2N4. The zero-order valence-corrected chi connectivity index (χ0v) is 9.79. The number of nitrogens with zero attached hydrogens (tertiary/aromatic N) is 2. The summed E-state index contributed by atoms with van der Waals surface area (Å²) in [6, 6.07) is 0. The predicted octanol–water partition coefficient (Wildman–Crippen LogP) is 0.0845. The highest BCUT2D eigenvalue weighted by Crippen LogP contribution is 1.97. The van der Waals surface area contributed by atoms with Crippen molar-refractivity contribution in [3.8, 4) is 0 Å². The summed E-state index contributed by atoms with van der Waals surface area (Å²) in [4.78, 5) is 6.79. The fraction of sp³-hybridized carbons (Fsp3) is 0.875. The van der Waals surface area contributed by atoms with Crippen molar-refractivity contribution in [3.63, 3.8) is 0 Å². The van der Waals surface area contributed by atoms with Crippen LogP contribution in [0.4, 0.5) is 0 Å². The van der Waals surface area contributed by atoms with Crippen molar-refractivity contribution in [1.29, 1.82) is 0 Å². The smallest absolute Gasteiger partial charge is 0.194 e. The van der Waals surface area contributed by atoms with Gasteiger partial charge in [-0.2, -0.15) is 0 Å². The lowest BCUT2D eigenvalue weighted by molar-refractivity contribution is 0.342. The zero-order chi connectivity index (χ0) is 8.23. The van der Waals surface area contributed by atoms with E-state index in [2.05, 4.69) is 20.5 Å². The number of guanidine groups is 1. The first-order valence-electron chi connectivity index (χ1n) is 4.71. The highest BCUT2D eigenvalue weighted by molar-refractivity contribution is 5.85. The Bertz CT molecular complexity index is 180. The van der Waals surface area contributed by atoms with E-state index in [0.717, 1.165) is 45.2 Å². The Morgan fingerprint density at radius 3 is 2.36 bits per heavy atom. The first-order valence-corrected chi connectivity index (χ1v) is 4.71. The second-order valence-electron chi connectivity index (χ2n) is 3.22. The van der Waals surface area contributed by atoms with Crippen molar-refractivity contribution < 1.29 is 0 Å². The second kappa shape index (κ2) is 7.15. The maximum Gasteiger partial charge on any atom is 0.194 e. The molecule has 1 fully saturated rings. The van der Waals surface area contributed by atoms with Gasteiger partial charge in [-0.1, -0.05) is 0 Å². The standard InChI is InChI=1S/C8H16N4.2ClH/c1-2-10-8(11-3-1)12-6-4-9-5-7-12;;/h9H,1-7H2,(H,10,11);2*1H. The highest BCUT2D eigenvalue weighted by Gasteiger charge is 2.15. The summed E-state index contributed by atoms with van der Waals surface area (Å²) in [6.45, 7) is 6.42. The molecule has 0 aromatic rings. The lowest BCUT2D eigenvalue weighted by Gasteiger charge is -2.32. The number of halogens is 2. The normalized spacial score (nSPS) is 21.1. The average Bonchev–Trinajstić information content (AvgIpc) is 2.21. The summed E-state index contributed by atoms with van der Waals surface area (Å²) in [7, 11) is 0. The van der Waals surface area contributed by atoms with Crippen molar-refractivity contribution in [2.45, 2.75) is 6.42 Å². The van der Waals surface area contributed by atoms with Gasteiger partial charge in [0.15, 0.2) is 5.96 Å². The van der Waals surface area contributed by atoms with Crippen molar-refractivity contribution >= 4 is 30.8 Å². The average molecular weight is 241 g/mol. The molecule has 0 saturated carbocycles. The molecule has 2 rings (SSSR count). The number of piperazine rings is 1. The lowest BCUT2D eigenvalue weighted by atomic mass is 10.3. The monoisotopic (exact) mass is 240 g/mol. The Hall–Kier alpha value is -0.190. The van der Waals surface area contributed by atoms with E-state index in [1.807, 2.05) is 0 Å². The van der Waals surface area contributed by atoms with E-state index in [1.54, 1.807) is 0 Å². The van der Waals surface area contributed by atoms with Gasteiger partial charge < -0.3 is 15.5 Å². The van der Waals surface area contributed by atoms with E-state index in [1.165, 1.54) is 6.42 Å². The molecule has 2 N–H and O–H groups in total. The van der Waals surface area contributed by atoms with Crippen molar-refractivity contribution in [2.75, 3.05) is 39.3 Å². The molecule has 14 heavy (non-hydrogen) atoms. The number of rotatable bonds is 0. The van der Waals surface area contributed by atoms with Crippen LogP contribution in [0.25, 0.3) is 0 Å². The van der Waals surface area contributed by atoms with Crippen molar-refractivity contribution in [3.05, 3.63) is 0 Å². The molecule has 6 heteroatoms. The van der Waals surface area contributed by atoms with Crippen LogP contribution in [0, 0.1) is 0 Å². The molecule has 2 aliphatic rings. The van der Waals surface area contributed by atoms with Crippen LogP contribution in [0.3, 0.4) is 0 Å². The van der Waals surface area contributed by atoms with Gasteiger partial charge in [0.05, 0.1) is 0 Å². The summed E-state index contributed by atoms with van der Waals surface area (Å²) in [6.07, 6.45) is 1.18. The summed E-state index contributed by atoms with van der Waals surface area (Å²) in [5, 5.41) is 6.67. The van der Waals surface area contributed by atoms with Crippen LogP contribution in [-0.4, -0.2) is 50.1 Å². The van der Waals surface area contributed by atoms with E-state index < -0.39 is 0 Å². The van der Waals surface area contributed by atoms with Crippen LogP contribution in [-0.2, 0) is 0 Å². The number of nitrogens with one attached hydrogen (secondary N) is 2. The van der Waals surface area contributed by atoms with Gasteiger partial charge >= 0.3 is 0 Å². The molecule has 0 atom stereocenters. The van der Waals surface area contributed by atoms with Crippen LogP contribution in [0.5, 0.6) is 0 Å². The second-order valence-corrected chi connectivity index (χ2v) is 3.22. The first-order chi connectivity index (χ1) is 5.97. The Labute approximate surface area is 97.3 Å². The van der Waals surface area contributed by atoms with Gasteiger partial charge in [-0.15, -0.1) is 24.8 Å². The molecule has 0 bridgehead atoms. The van der Waals surface area contributed by atoms with Crippen LogP contribution in [0.15, 0.2) is 4.99 Å². The predicted molar refractivity (Wildman–Crippen MR) is 63.9 cm³/mol. The molecule has 0 radical (unpaired) electrons. The Balaban J connectivity index is 0.000000845. The third kappa shape index (κ3) is 3.52. The number of aliphatic imine (C=N–C) groups is 1. The molecule has 0 aromatic carbocycles. The Morgan fingerprint density at radius 2 is 1.79 bits per heavy atom. The van der Waals surface area contributed by atoms with Crippen molar-refractivity contribution in [1.82, 2.24) is 15.5 Å². The molecule has 1 saturated heterocycles. The first kappa shape index (κ1) is 13.8. The number of hydrogen-bond donors (Lipinski definition) is 2. The zero-order valence-electron chi connectivity index (χ0n) is 8.16. The minimum absolute atomic E-state index is 0. The molecule has 0 amide bonds. The molecule has 2 aliphatic heterocycles. The van der Waals surface area contributed by atoms with Gasteiger partial charge in [-0.3, -0.25) is 4.99 Å². The third-order valence-corrected chi connectivity index (χ3v) is 2.30. The van der Waals surface area contributed by atoms with E-state index in [9.17, 15) is 0 Å². The fourth-order valence-electron chi connectivity index (χ4n) is 1.61. The van der Waals surface area contributed by atoms with Crippen LogP contribution in [0.2, 0.25) is 0 Å². The maximum atomic E-state index is 4.46. The van der Waals surface area contributed by atoms with Gasteiger partial charge in [0.2, 0.25) is 0 Å². The van der Waals surface area contributed by atoms with Gasteiger partial charge in [0, 0.05) is 39.3 Å². The molecule has 4 nitrogen and oxygen atoms in total. The Morgan fingerprint density at radius 1 is 1.07 bits per heavy atom. The highest BCUT2D eigenvalue weighted by atomic mass is 35.5. The minimum atomic E-state index is 0. The summed E-state index contributed by atoms with van der Waals surface area (Å²) in [5.41, 5.74) is 0. The van der Waals surface area contributed by atoms with E-state index in [0.29, 0.717) is 0 Å². The lowest BCUT2D eigenvalue weighted by Crippen LogP contribution is -2.52. The minimum Gasteiger partial charge on any atom is -0.356 e. The van der Waals surface area contributed by atoms with Gasteiger partial charge in [0.1, 0.15) is 0 Å². The van der Waals surface area contributed by atoms with E-state index in [-0.39, 0.29) is 24.8 Å². The molecule has 84 valence electrons. The quantitative estimate of drug-likeness (QED) is 0.631. The summed E-state index contributed by atoms with van der Waals surface area (Å²) >= 11 is 0. The number of hydrogen-bond acceptors (Lipinski definition) is 4. The van der Waals surface area contributed by atoms with Crippen LogP contribution in [0.1, 0.15) is 6.42 Å². The molecule has 0 spiro atoms. The van der Waals surface area contributed by atoms with Crippen LogP contribution >= 0.6 is 24.8 Å². The molecule has 0 aromatic heterocycles. The fourth-order valence-corrected chi connectivity index (χ4v) is 1.61.